The lowest BCUT2D eigenvalue weighted by Crippen LogP contribution is -2.40. The van der Waals surface area contributed by atoms with Crippen LogP contribution in [0.2, 0.25) is 0 Å². The van der Waals surface area contributed by atoms with Crippen LogP contribution in [-0.4, -0.2) is 22.8 Å². The van der Waals surface area contributed by atoms with Crippen LogP contribution < -0.4 is 10.6 Å². The van der Waals surface area contributed by atoms with Crippen molar-refractivity contribution < 1.29 is 0 Å². The highest BCUT2D eigenvalue weighted by atomic mass is 33.1. The molecule has 0 bridgehead atoms. The van der Waals surface area contributed by atoms with Crippen LogP contribution >= 0.6 is 21.6 Å². The highest BCUT2D eigenvalue weighted by molar-refractivity contribution is 8.77. The normalized spacial score (nSPS) is 40.9. The van der Waals surface area contributed by atoms with Crippen molar-refractivity contribution in [1.29, 1.82) is 0 Å². The van der Waals surface area contributed by atoms with Crippen molar-refractivity contribution >= 4 is 21.6 Å². The van der Waals surface area contributed by atoms with Gasteiger partial charge in [-0.1, -0.05) is 21.6 Å². The average molecular weight is 260 g/mol. The Hall–Kier alpha value is 0.620. The first-order valence-corrected chi connectivity index (χ1v) is 8.86. The third-order valence-electron chi connectivity index (χ3n) is 3.44. The maximum absolute atomic E-state index is 3.68. The summed E-state index contributed by atoms with van der Waals surface area (Å²) in [7, 11) is 4.11. The molecular weight excluding hydrogens is 236 g/mol. The monoisotopic (exact) mass is 260 g/mol. The van der Waals surface area contributed by atoms with Gasteiger partial charge < -0.3 is 10.6 Å². The van der Waals surface area contributed by atoms with Crippen molar-refractivity contribution in [2.75, 3.05) is 0 Å². The summed E-state index contributed by atoms with van der Waals surface area (Å²) < 4.78 is 0. The predicted molar refractivity (Wildman–Crippen MR) is 75.7 cm³/mol. The molecule has 0 saturated carbocycles. The smallest absolute Gasteiger partial charge is 0.0639 e. The van der Waals surface area contributed by atoms with E-state index in [1.54, 1.807) is 0 Å². The Morgan fingerprint density at radius 1 is 0.750 bits per heavy atom. The number of hydrogen-bond acceptors (Lipinski definition) is 4. The molecule has 16 heavy (non-hydrogen) atoms. The molecule has 0 amide bonds. The molecule has 0 aromatic carbocycles. The van der Waals surface area contributed by atoms with Crippen molar-refractivity contribution in [3.8, 4) is 0 Å². The molecule has 94 valence electrons. The van der Waals surface area contributed by atoms with Crippen molar-refractivity contribution in [2.24, 2.45) is 0 Å². The maximum Gasteiger partial charge on any atom is 0.0639 e. The Morgan fingerprint density at radius 2 is 1.19 bits per heavy atom. The SMILES string of the molecule is CC1CCCC(SSC2CCCC(C)N2)N1. The maximum atomic E-state index is 3.68. The summed E-state index contributed by atoms with van der Waals surface area (Å²) in [6.45, 7) is 4.61. The van der Waals surface area contributed by atoms with E-state index in [0.717, 1.165) is 0 Å². The fourth-order valence-electron chi connectivity index (χ4n) is 2.47. The van der Waals surface area contributed by atoms with Crippen molar-refractivity contribution in [3.05, 3.63) is 0 Å². The quantitative estimate of drug-likeness (QED) is 0.760. The second-order valence-corrected chi connectivity index (χ2v) is 7.84. The molecule has 2 heterocycles. The molecule has 0 aromatic rings. The molecule has 2 saturated heterocycles. The first-order valence-electron chi connectivity index (χ1n) is 6.58. The molecule has 0 spiro atoms. The Balaban J connectivity index is 1.66. The first-order chi connectivity index (χ1) is 7.74. The predicted octanol–water partition coefficient (Wildman–Crippen LogP) is 3.34. The molecule has 2 aliphatic rings. The Morgan fingerprint density at radius 3 is 1.56 bits per heavy atom. The molecule has 2 fully saturated rings. The molecule has 4 unspecified atom stereocenters. The van der Waals surface area contributed by atoms with Crippen molar-refractivity contribution in [1.82, 2.24) is 10.6 Å². The molecule has 2 N–H and O–H groups in total. The molecule has 2 rings (SSSR count). The molecule has 2 nitrogen and oxygen atoms in total. The van der Waals surface area contributed by atoms with E-state index >= 15 is 0 Å². The lowest BCUT2D eigenvalue weighted by Gasteiger charge is -2.31. The van der Waals surface area contributed by atoms with E-state index < -0.39 is 0 Å². The van der Waals surface area contributed by atoms with Gasteiger partial charge in [-0.15, -0.1) is 0 Å². The second-order valence-electron chi connectivity index (χ2n) is 5.17. The standard InChI is InChI=1S/C12H24N2S2/c1-9-5-3-7-11(13-9)15-16-12-8-4-6-10(2)14-12/h9-14H,3-8H2,1-2H3. The average Bonchev–Trinajstić information content (AvgIpc) is 2.27. The van der Waals surface area contributed by atoms with Gasteiger partial charge in [0.1, 0.15) is 0 Å². The minimum Gasteiger partial charge on any atom is -0.302 e. The molecule has 4 atom stereocenters. The van der Waals surface area contributed by atoms with E-state index in [0.29, 0.717) is 22.8 Å². The van der Waals surface area contributed by atoms with Gasteiger partial charge in [-0.05, 0) is 52.4 Å². The first kappa shape index (κ1) is 13.1. The topological polar surface area (TPSA) is 24.1 Å². The number of nitrogens with one attached hydrogen (secondary N) is 2. The Labute approximate surface area is 107 Å². The summed E-state index contributed by atoms with van der Waals surface area (Å²) in [6, 6.07) is 1.43. The highest BCUT2D eigenvalue weighted by Crippen LogP contribution is 2.36. The fraction of sp³-hybridized carbons (Fsp3) is 1.00. The van der Waals surface area contributed by atoms with Gasteiger partial charge in [0.05, 0.1) is 10.7 Å². The zero-order valence-corrected chi connectivity index (χ0v) is 12.0. The van der Waals surface area contributed by atoms with Gasteiger partial charge in [-0.25, -0.2) is 0 Å². The summed E-state index contributed by atoms with van der Waals surface area (Å²) in [4.78, 5) is 0. The van der Waals surface area contributed by atoms with E-state index in [2.05, 4.69) is 46.1 Å². The number of hydrogen-bond donors (Lipinski definition) is 2. The molecule has 4 heteroatoms. The summed E-state index contributed by atoms with van der Waals surface area (Å²) in [5.41, 5.74) is 0. The summed E-state index contributed by atoms with van der Waals surface area (Å²) in [5.74, 6) is 0. The van der Waals surface area contributed by atoms with Gasteiger partial charge in [-0.3, -0.25) is 0 Å². The zero-order valence-electron chi connectivity index (χ0n) is 10.4. The lowest BCUT2D eigenvalue weighted by molar-refractivity contribution is 0.401. The zero-order chi connectivity index (χ0) is 11.4. The third kappa shape index (κ3) is 4.13. The van der Waals surface area contributed by atoms with Crippen LogP contribution in [0.4, 0.5) is 0 Å². The van der Waals surface area contributed by atoms with E-state index in [1.165, 1.54) is 38.5 Å². The molecular formula is C12H24N2S2. The molecule has 0 aromatic heterocycles. The summed E-state index contributed by atoms with van der Waals surface area (Å²) >= 11 is 0. The lowest BCUT2D eigenvalue weighted by atomic mass is 10.1. The molecule has 0 aliphatic carbocycles. The van der Waals surface area contributed by atoms with Gasteiger partial charge in [0.15, 0.2) is 0 Å². The minimum atomic E-state index is 0.674. The molecule has 0 radical (unpaired) electrons. The number of piperidine rings is 2. The van der Waals surface area contributed by atoms with Gasteiger partial charge in [0, 0.05) is 12.1 Å². The largest absolute Gasteiger partial charge is 0.302 e. The van der Waals surface area contributed by atoms with Crippen molar-refractivity contribution in [2.45, 2.75) is 75.2 Å². The van der Waals surface area contributed by atoms with Crippen molar-refractivity contribution in [3.63, 3.8) is 0 Å². The van der Waals surface area contributed by atoms with Crippen LogP contribution in [-0.2, 0) is 0 Å². The van der Waals surface area contributed by atoms with Crippen LogP contribution in [0.3, 0.4) is 0 Å². The fourth-order valence-corrected chi connectivity index (χ4v) is 5.56. The van der Waals surface area contributed by atoms with E-state index in [1.807, 2.05) is 0 Å². The van der Waals surface area contributed by atoms with Gasteiger partial charge in [0.25, 0.3) is 0 Å². The Bertz CT molecular complexity index is 191. The van der Waals surface area contributed by atoms with E-state index in [4.69, 9.17) is 0 Å². The Kier molecular flexibility index (Phi) is 5.33. The second kappa shape index (κ2) is 6.53. The minimum absolute atomic E-state index is 0.674. The third-order valence-corrected chi connectivity index (χ3v) is 6.48. The van der Waals surface area contributed by atoms with Gasteiger partial charge in [0.2, 0.25) is 0 Å². The molecule has 2 aliphatic heterocycles. The van der Waals surface area contributed by atoms with Gasteiger partial charge >= 0.3 is 0 Å². The van der Waals surface area contributed by atoms with E-state index in [-0.39, 0.29) is 0 Å². The van der Waals surface area contributed by atoms with Crippen LogP contribution in [0.1, 0.15) is 52.4 Å². The highest BCUT2D eigenvalue weighted by Gasteiger charge is 2.22. The van der Waals surface area contributed by atoms with E-state index in [9.17, 15) is 0 Å². The van der Waals surface area contributed by atoms with Crippen LogP contribution in [0.15, 0.2) is 0 Å². The number of rotatable bonds is 3. The van der Waals surface area contributed by atoms with Gasteiger partial charge in [-0.2, -0.15) is 0 Å². The summed E-state index contributed by atoms with van der Waals surface area (Å²) in [6.07, 6.45) is 8.15. The van der Waals surface area contributed by atoms with Crippen LogP contribution in [0.25, 0.3) is 0 Å². The van der Waals surface area contributed by atoms with Crippen LogP contribution in [0.5, 0.6) is 0 Å². The summed E-state index contributed by atoms with van der Waals surface area (Å²) in [5, 5.41) is 8.71. The van der Waals surface area contributed by atoms with Crippen LogP contribution in [0, 0.1) is 0 Å².